The molecule has 1 aliphatic rings. The van der Waals surface area contributed by atoms with Gasteiger partial charge in [0.15, 0.2) is 0 Å². The Kier molecular flexibility index (Phi) is 3.77. The molecular formula is C17H18N2O. The minimum Gasteiger partial charge on any atom is -0.353 e. The van der Waals surface area contributed by atoms with Crippen LogP contribution in [0.3, 0.4) is 0 Å². The number of nitrogens with zero attached hydrogens (tertiary/aromatic N) is 1. The lowest BCUT2D eigenvalue weighted by Crippen LogP contribution is -2.33. The maximum atomic E-state index is 11.5. The van der Waals surface area contributed by atoms with Gasteiger partial charge in [-0.05, 0) is 30.5 Å². The number of aromatic nitrogens is 1. The quantitative estimate of drug-likeness (QED) is 0.924. The first-order valence-corrected chi connectivity index (χ1v) is 7.07. The molecule has 0 radical (unpaired) electrons. The van der Waals surface area contributed by atoms with Gasteiger partial charge in [-0.2, -0.15) is 0 Å². The van der Waals surface area contributed by atoms with Crippen LogP contribution in [0.25, 0.3) is 0 Å². The Balaban J connectivity index is 1.86. The van der Waals surface area contributed by atoms with Gasteiger partial charge in [0, 0.05) is 30.3 Å². The second-order valence-corrected chi connectivity index (χ2v) is 5.26. The van der Waals surface area contributed by atoms with E-state index in [1.165, 1.54) is 5.56 Å². The normalized spacial score (nSPS) is 19.6. The molecule has 102 valence electrons. The van der Waals surface area contributed by atoms with Gasteiger partial charge >= 0.3 is 0 Å². The van der Waals surface area contributed by atoms with E-state index in [2.05, 4.69) is 40.6 Å². The van der Waals surface area contributed by atoms with Gasteiger partial charge in [-0.25, -0.2) is 0 Å². The molecule has 1 aliphatic heterocycles. The van der Waals surface area contributed by atoms with Crippen LogP contribution in [0, 0.1) is 0 Å². The standard InChI is InChI=1S/C17H18N2O/c20-17-10-9-16(19-17)14(15-8-4-5-11-18-15)12-13-6-2-1-3-7-13/h1-8,11,14,16H,9-10,12H2,(H,19,20)/t14-,16+/m0/s1. The molecule has 2 atom stereocenters. The zero-order chi connectivity index (χ0) is 13.8. The van der Waals surface area contributed by atoms with Gasteiger partial charge in [0.25, 0.3) is 0 Å². The van der Waals surface area contributed by atoms with E-state index in [0.717, 1.165) is 18.5 Å². The molecule has 20 heavy (non-hydrogen) atoms. The summed E-state index contributed by atoms with van der Waals surface area (Å²) in [7, 11) is 0. The first-order chi connectivity index (χ1) is 9.83. The third-order valence-electron chi connectivity index (χ3n) is 3.88. The molecule has 1 aromatic heterocycles. The molecule has 0 unspecified atom stereocenters. The number of nitrogens with one attached hydrogen (secondary N) is 1. The number of pyridine rings is 1. The highest BCUT2D eigenvalue weighted by Crippen LogP contribution is 2.28. The monoisotopic (exact) mass is 266 g/mol. The van der Waals surface area contributed by atoms with E-state index in [-0.39, 0.29) is 17.9 Å². The molecule has 0 aliphatic carbocycles. The molecule has 3 heteroatoms. The van der Waals surface area contributed by atoms with E-state index in [4.69, 9.17) is 0 Å². The average molecular weight is 266 g/mol. The second kappa shape index (κ2) is 5.87. The number of amides is 1. The summed E-state index contributed by atoms with van der Waals surface area (Å²) in [4.78, 5) is 16.0. The predicted octanol–water partition coefficient (Wildman–Crippen LogP) is 2.69. The van der Waals surface area contributed by atoms with Crippen LogP contribution in [0.15, 0.2) is 54.7 Å². The van der Waals surface area contributed by atoms with Crippen molar-refractivity contribution in [1.29, 1.82) is 0 Å². The molecule has 1 amide bonds. The van der Waals surface area contributed by atoms with Crippen LogP contribution < -0.4 is 5.32 Å². The lowest BCUT2D eigenvalue weighted by atomic mass is 9.88. The van der Waals surface area contributed by atoms with Crippen molar-refractivity contribution in [1.82, 2.24) is 10.3 Å². The Morgan fingerprint density at radius 3 is 2.60 bits per heavy atom. The molecule has 1 N–H and O–H groups in total. The Hall–Kier alpha value is -2.16. The van der Waals surface area contributed by atoms with Gasteiger partial charge < -0.3 is 5.32 Å². The van der Waals surface area contributed by atoms with Gasteiger partial charge in [-0.1, -0.05) is 36.4 Å². The van der Waals surface area contributed by atoms with Crippen LogP contribution in [0.2, 0.25) is 0 Å². The smallest absolute Gasteiger partial charge is 0.220 e. The van der Waals surface area contributed by atoms with Crippen molar-refractivity contribution in [2.24, 2.45) is 0 Å². The van der Waals surface area contributed by atoms with Gasteiger partial charge in [0.2, 0.25) is 5.91 Å². The number of hydrogen-bond donors (Lipinski definition) is 1. The van der Waals surface area contributed by atoms with E-state index in [0.29, 0.717) is 6.42 Å². The number of hydrogen-bond acceptors (Lipinski definition) is 2. The minimum absolute atomic E-state index is 0.156. The van der Waals surface area contributed by atoms with Crippen molar-refractivity contribution in [3.63, 3.8) is 0 Å². The molecule has 3 rings (SSSR count). The summed E-state index contributed by atoms with van der Waals surface area (Å²) < 4.78 is 0. The SMILES string of the molecule is O=C1CC[C@H]([C@@H](Cc2ccccc2)c2ccccn2)N1. The summed E-state index contributed by atoms with van der Waals surface area (Å²) in [5.41, 5.74) is 2.34. The van der Waals surface area contributed by atoms with Gasteiger partial charge in [-0.15, -0.1) is 0 Å². The topological polar surface area (TPSA) is 42.0 Å². The lowest BCUT2D eigenvalue weighted by molar-refractivity contribution is -0.119. The predicted molar refractivity (Wildman–Crippen MR) is 78.3 cm³/mol. The van der Waals surface area contributed by atoms with Crippen molar-refractivity contribution in [2.45, 2.75) is 31.2 Å². The lowest BCUT2D eigenvalue weighted by Gasteiger charge is -2.23. The molecule has 2 aromatic rings. The van der Waals surface area contributed by atoms with Crippen molar-refractivity contribution in [3.05, 3.63) is 66.0 Å². The minimum atomic E-state index is 0.156. The fourth-order valence-corrected chi connectivity index (χ4v) is 2.86. The molecular weight excluding hydrogens is 248 g/mol. The highest BCUT2D eigenvalue weighted by atomic mass is 16.1. The first kappa shape index (κ1) is 12.9. The van der Waals surface area contributed by atoms with Crippen LogP contribution in [0.1, 0.15) is 30.0 Å². The highest BCUT2D eigenvalue weighted by Gasteiger charge is 2.30. The van der Waals surface area contributed by atoms with Gasteiger partial charge in [0.1, 0.15) is 0 Å². The van der Waals surface area contributed by atoms with E-state index >= 15 is 0 Å². The van der Waals surface area contributed by atoms with Crippen molar-refractivity contribution >= 4 is 5.91 Å². The van der Waals surface area contributed by atoms with E-state index < -0.39 is 0 Å². The van der Waals surface area contributed by atoms with Crippen LogP contribution in [0.5, 0.6) is 0 Å². The van der Waals surface area contributed by atoms with Crippen molar-refractivity contribution < 1.29 is 4.79 Å². The van der Waals surface area contributed by atoms with E-state index in [1.807, 2.05) is 24.4 Å². The fourth-order valence-electron chi connectivity index (χ4n) is 2.86. The van der Waals surface area contributed by atoms with Crippen LogP contribution in [-0.4, -0.2) is 16.9 Å². The molecule has 1 fully saturated rings. The Morgan fingerprint density at radius 1 is 1.15 bits per heavy atom. The second-order valence-electron chi connectivity index (χ2n) is 5.26. The van der Waals surface area contributed by atoms with E-state index in [9.17, 15) is 4.79 Å². The number of carbonyl (C=O) groups is 1. The number of carbonyl (C=O) groups excluding carboxylic acids is 1. The maximum Gasteiger partial charge on any atom is 0.220 e. The number of benzene rings is 1. The molecule has 0 saturated carbocycles. The fraction of sp³-hybridized carbons (Fsp3) is 0.294. The zero-order valence-electron chi connectivity index (χ0n) is 11.3. The molecule has 1 saturated heterocycles. The third kappa shape index (κ3) is 2.87. The van der Waals surface area contributed by atoms with Crippen LogP contribution >= 0.6 is 0 Å². The molecule has 0 spiro atoms. The van der Waals surface area contributed by atoms with Crippen LogP contribution in [-0.2, 0) is 11.2 Å². The summed E-state index contributed by atoms with van der Waals surface area (Å²) in [6.45, 7) is 0. The Labute approximate surface area is 119 Å². The molecule has 3 nitrogen and oxygen atoms in total. The van der Waals surface area contributed by atoms with Crippen molar-refractivity contribution in [2.75, 3.05) is 0 Å². The molecule has 0 bridgehead atoms. The Morgan fingerprint density at radius 2 is 1.95 bits per heavy atom. The zero-order valence-corrected chi connectivity index (χ0v) is 11.3. The van der Waals surface area contributed by atoms with E-state index in [1.54, 1.807) is 0 Å². The summed E-state index contributed by atoms with van der Waals surface area (Å²) in [6, 6.07) is 16.6. The summed E-state index contributed by atoms with van der Waals surface area (Å²) in [5, 5.41) is 3.09. The van der Waals surface area contributed by atoms with Gasteiger partial charge in [-0.3, -0.25) is 9.78 Å². The number of rotatable bonds is 4. The van der Waals surface area contributed by atoms with Crippen LogP contribution in [0.4, 0.5) is 0 Å². The van der Waals surface area contributed by atoms with Gasteiger partial charge in [0.05, 0.1) is 0 Å². The first-order valence-electron chi connectivity index (χ1n) is 7.07. The molecule has 1 aromatic carbocycles. The highest BCUT2D eigenvalue weighted by molar-refractivity contribution is 5.78. The summed E-state index contributed by atoms with van der Waals surface area (Å²) >= 11 is 0. The summed E-state index contributed by atoms with van der Waals surface area (Å²) in [6.07, 6.45) is 4.25. The Bertz CT molecular complexity index is 568. The molecule has 2 heterocycles. The summed E-state index contributed by atoms with van der Waals surface area (Å²) in [5.74, 6) is 0.397. The average Bonchev–Trinajstić information content (AvgIpc) is 2.93. The van der Waals surface area contributed by atoms with Crippen molar-refractivity contribution in [3.8, 4) is 0 Å². The largest absolute Gasteiger partial charge is 0.353 e. The third-order valence-corrected chi connectivity index (χ3v) is 3.88. The maximum absolute atomic E-state index is 11.5.